The van der Waals surface area contributed by atoms with Gasteiger partial charge in [-0.2, -0.15) is 0 Å². The van der Waals surface area contributed by atoms with Gasteiger partial charge in [-0.05, 0) is 12.5 Å². The van der Waals surface area contributed by atoms with Crippen LogP contribution in [0, 0.1) is 0 Å². The molecule has 2 nitrogen and oxygen atoms in total. The molecule has 0 atom stereocenters. The Labute approximate surface area is 53.8 Å². The van der Waals surface area contributed by atoms with Crippen LogP contribution in [0.25, 0.3) is 0 Å². The molecule has 0 saturated carbocycles. The Morgan fingerprint density at radius 2 is 2.62 bits per heavy atom. The van der Waals surface area contributed by atoms with Crippen LogP contribution in [0.15, 0.2) is 17.5 Å². The molecule has 0 heterocycles. The highest BCUT2D eigenvalue weighted by molar-refractivity contribution is 6.56. The van der Waals surface area contributed by atoms with Crippen LogP contribution in [0.1, 0.15) is 13.3 Å². The standard InChI is InChI=1S/C5H7ClNO/c1-2-3-4-8-7-5-6/h3-4H,2H2,1H3/b4-3+,7-5?. The maximum atomic E-state index is 4.90. The number of hydrogen-bond donors (Lipinski definition) is 0. The first-order valence-corrected chi connectivity index (χ1v) is 2.66. The van der Waals surface area contributed by atoms with E-state index >= 15 is 0 Å². The lowest BCUT2D eigenvalue weighted by atomic mass is 10.5. The summed E-state index contributed by atoms with van der Waals surface area (Å²) in [5.74, 6) is 0. The van der Waals surface area contributed by atoms with Crippen molar-refractivity contribution in [2.24, 2.45) is 5.16 Å². The predicted molar refractivity (Wildman–Crippen MR) is 33.8 cm³/mol. The molecule has 8 heavy (non-hydrogen) atoms. The van der Waals surface area contributed by atoms with Crippen molar-refractivity contribution in [3.05, 3.63) is 12.3 Å². The molecular formula is C5H7ClNO. The Morgan fingerprint density at radius 1 is 1.88 bits per heavy atom. The zero-order valence-electron chi connectivity index (χ0n) is 4.60. The molecule has 0 N–H and O–H groups in total. The summed E-state index contributed by atoms with van der Waals surface area (Å²) in [4.78, 5) is 4.42. The van der Waals surface area contributed by atoms with Crippen LogP contribution in [0.4, 0.5) is 0 Å². The largest absolute Gasteiger partial charge is 0.364 e. The van der Waals surface area contributed by atoms with Crippen molar-refractivity contribution >= 4 is 17.3 Å². The van der Waals surface area contributed by atoms with Gasteiger partial charge in [-0.25, -0.2) is 0 Å². The highest BCUT2D eigenvalue weighted by Gasteiger charge is 1.65. The minimum atomic E-state index is 0.928. The van der Waals surface area contributed by atoms with Gasteiger partial charge in [-0.3, -0.25) is 0 Å². The number of allylic oxidation sites excluding steroid dienone is 1. The Morgan fingerprint density at radius 3 is 3.12 bits per heavy atom. The summed E-state index contributed by atoms with van der Waals surface area (Å²) in [6.07, 6.45) is 4.20. The van der Waals surface area contributed by atoms with Crippen LogP contribution in [0.2, 0.25) is 0 Å². The van der Waals surface area contributed by atoms with Crippen LogP contribution in [0.5, 0.6) is 0 Å². The SMILES string of the molecule is CC/C=C/O/N=[C]\Cl. The lowest BCUT2D eigenvalue weighted by Gasteiger charge is -1.80. The van der Waals surface area contributed by atoms with E-state index in [1.807, 2.05) is 18.7 Å². The molecular weight excluding hydrogens is 126 g/mol. The van der Waals surface area contributed by atoms with E-state index in [-0.39, 0.29) is 0 Å². The molecule has 0 aliphatic heterocycles. The van der Waals surface area contributed by atoms with Crippen molar-refractivity contribution in [1.82, 2.24) is 0 Å². The van der Waals surface area contributed by atoms with Crippen LogP contribution in [-0.4, -0.2) is 5.67 Å². The van der Waals surface area contributed by atoms with Crippen molar-refractivity contribution in [2.45, 2.75) is 13.3 Å². The molecule has 1 radical (unpaired) electrons. The van der Waals surface area contributed by atoms with E-state index < -0.39 is 0 Å². The fourth-order valence-electron chi connectivity index (χ4n) is 0.190. The Bertz CT molecular complexity index is 90.4. The van der Waals surface area contributed by atoms with E-state index in [1.54, 1.807) is 0 Å². The molecule has 0 amide bonds. The third kappa shape index (κ3) is 5.50. The summed E-state index contributed by atoms with van der Waals surface area (Å²) >= 11 is 4.90. The van der Waals surface area contributed by atoms with Gasteiger partial charge in [0, 0.05) is 0 Å². The fraction of sp³-hybridized carbons (Fsp3) is 0.400. The van der Waals surface area contributed by atoms with Gasteiger partial charge in [0.2, 0.25) is 5.67 Å². The lowest BCUT2D eigenvalue weighted by Crippen LogP contribution is -1.63. The average Bonchev–Trinajstić information content (AvgIpc) is 1.81. The van der Waals surface area contributed by atoms with Crippen molar-refractivity contribution in [3.8, 4) is 0 Å². The lowest BCUT2D eigenvalue weighted by molar-refractivity contribution is 0.270. The average molecular weight is 133 g/mol. The second kappa shape index (κ2) is 6.50. The first-order valence-electron chi connectivity index (χ1n) is 2.28. The second-order valence-corrected chi connectivity index (χ2v) is 1.23. The van der Waals surface area contributed by atoms with Gasteiger partial charge in [0.25, 0.3) is 0 Å². The van der Waals surface area contributed by atoms with Gasteiger partial charge in [-0.1, -0.05) is 23.7 Å². The van der Waals surface area contributed by atoms with Gasteiger partial charge in [0.05, 0.1) is 0 Å². The smallest absolute Gasteiger partial charge is 0.209 e. The maximum Gasteiger partial charge on any atom is 0.209 e. The molecule has 3 heteroatoms. The fourth-order valence-corrected chi connectivity index (χ4v) is 0.229. The summed E-state index contributed by atoms with van der Waals surface area (Å²) in [5, 5.41) is 3.14. The second-order valence-electron chi connectivity index (χ2n) is 1.06. The van der Waals surface area contributed by atoms with E-state index in [1.165, 1.54) is 6.26 Å². The predicted octanol–water partition coefficient (Wildman–Crippen LogP) is 1.99. The van der Waals surface area contributed by atoms with E-state index in [0.29, 0.717) is 0 Å². The summed E-state index contributed by atoms with van der Waals surface area (Å²) in [7, 11) is 0. The highest BCUT2D eigenvalue weighted by atomic mass is 35.5. The first kappa shape index (κ1) is 7.50. The van der Waals surface area contributed by atoms with Gasteiger partial charge in [-0.15, -0.1) is 0 Å². The Kier molecular flexibility index (Phi) is 6.09. The van der Waals surface area contributed by atoms with E-state index in [9.17, 15) is 0 Å². The normalized spacial score (nSPS) is 11.2. The zero-order chi connectivity index (χ0) is 6.24. The summed E-state index contributed by atoms with van der Waals surface area (Å²) < 4.78 is 0. The van der Waals surface area contributed by atoms with Crippen LogP contribution in [-0.2, 0) is 4.84 Å². The molecule has 0 fully saturated rings. The van der Waals surface area contributed by atoms with Crippen molar-refractivity contribution < 1.29 is 4.84 Å². The molecule has 0 spiro atoms. The van der Waals surface area contributed by atoms with Crippen molar-refractivity contribution in [2.75, 3.05) is 0 Å². The quantitative estimate of drug-likeness (QED) is 0.327. The monoisotopic (exact) mass is 132 g/mol. The minimum absolute atomic E-state index is 0.928. The van der Waals surface area contributed by atoms with Crippen LogP contribution < -0.4 is 0 Å². The molecule has 0 aromatic carbocycles. The van der Waals surface area contributed by atoms with E-state index in [4.69, 9.17) is 11.6 Å². The van der Waals surface area contributed by atoms with Crippen LogP contribution in [0.3, 0.4) is 0 Å². The number of halogens is 1. The third-order valence-corrected chi connectivity index (χ3v) is 0.549. The number of nitrogens with zero attached hydrogens (tertiary/aromatic N) is 1. The molecule has 0 bridgehead atoms. The summed E-state index contributed by atoms with van der Waals surface area (Å²) in [6, 6.07) is 0. The number of hydrogen-bond acceptors (Lipinski definition) is 2. The van der Waals surface area contributed by atoms with Gasteiger partial charge >= 0.3 is 0 Å². The molecule has 0 saturated heterocycles. The van der Waals surface area contributed by atoms with Gasteiger partial charge in [0.1, 0.15) is 6.26 Å². The summed E-state index contributed by atoms with van der Waals surface area (Å²) in [6.45, 7) is 1.99. The molecule has 0 aliphatic carbocycles. The zero-order valence-corrected chi connectivity index (χ0v) is 5.35. The maximum absolute atomic E-state index is 4.90. The molecule has 0 unspecified atom stereocenters. The van der Waals surface area contributed by atoms with Gasteiger partial charge in [0.15, 0.2) is 0 Å². The third-order valence-electron chi connectivity index (χ3n) is 0.480. The molecule has 0 aromatic rings. The van der Waals surface area contributed by atoms with Crippen molar-refractivity contribution in [3.63, 3.8) is 0 Å². The van der Waals surface area contributed by atoms with Crippen LogP contribution >= 0.6 is 11.6 Å². The topological polar surface area (TPSA) is 21.6 Å². The molecule has 0 aliphatic rings. The Hall–Kier alpha value is -0.500. The molecule has 0 rings (SSSR count). The molecule has 0 aromatic heterocycles. The van der Waals surface area contributed by atoms with E-state index in [0.717, 1.165) is 6.42 Å². The minimum Gasteiger partial charge on any atom is -0.364 e. The molecule has 45 valence electrons. The van der Waals surface area contributed by atoms with Gasteiger partial charge < -0.3 is 4.84 Å². The highest BCUT2D eigenvalue weighted by Crippen LogP contribution is 1.81. The Balaban J connectivity index is 3.03. The first-order chi connectivity index (χ1) is 3.91. The van der Waals surface area contributed by atoms with E-state index in [2.05, 4.69) is 9.99 Å². The number of rotatable bonds is 3. The van der Waals surface area contributed by atoms with Crippen molar-refractivity contribution in [1.29, 1.82) is 0 Å². The summed E-state index contributed by atoms with van der Waals surface area (Å²) in [5.41, 5.74) is 1.95.